The monoisotopic (exact) mass is 631 g/mol. The highest BCUT2D eigenvalue weighted by atomic mass is 32.2. The van der Waals surface area contributed by atoms with Crippen molar-refractivity contribution in [3.05, 3.63) is 63.5 Å². The number of alkyl halides is 6. The fraction of sp³-hybridized carbons (Fsp3) is 0.440. The number of nitrogens with zero attached hydrogens (tertiary/aromatic N) is 2. The number of nitrogens with one attached hydrogen (secondary N) is 1. The summed E-state index contributed by atoms with van der Waals surface area (Å²) in [6.45, 7) is 6.64. The van der Waals surface area contributed by atoms with Crippen molar-refractivity contribution in [1.29, 1.82) is 0 Å². The minimum absolute atomic E-state index is 0.0428. The summed E-state index contributed by atoms with van der Waals surface area (Å²) in [5.74, 6) is -2.23. The number of likely N-dealkylation sites (tertiary alicyclic amines) is 1. The third-order valence-corrected chi connectivity index (χ3v) is 7.42. The zero-order valence-corrected chi connectivity index (χ0v) is 23.7. The largest absolute Gasteiger partial charge is 0.507 e. The van der Waals surface area contributed by atoms with Crippen molar-refractivity contribution >= 4 is 34.7 Å². The van der Waals surface area contributed by atoms with Crippen molar-refractivity contribution in [3.8, 4) is 10.8 Å². The fourth-order valence-corrected chi connectivity index (χ4v) is 5.36. The lowest BCUT2D eigenvalue weighted by Crippen LogP contribution is -2.24. The molecule has 1 fully saturated rings. The maximum Gasteiger partial charge on any atom is 0.419 e. The van der Waals surface area contributed by atoms with Crippen LogP contribution in [0.2, 0.25) is 0 Å². The third kappa shape index (κ3) is 10.4. The average molecular weight is 632 g/mol. The predicted molar refractivity (Wildman–Crippen MR) is 144 cm³/mol. The van der Waals surface area contributed by atoms with Gasteiger partial charge in [0.05, 0.1) is 14.7 Å². The Labute approximate surface area is 240 Å². The standard InChI is InChI=1S/C18H11F7N2O4S2.C5H11N.C2H6/c19-9-3-8(17(20,21)22)4-11(5-9)31-16-13(27(29)30)7-15(32-16)33-26-10-1-2-12(14(28)6-10)18(23,24)25;1-6-4-2-3-5-6;1-2/h1-3,5-7,11,26,28H,4H2;2-5H2,1H3;1-2H3. The summed E-state index contributed by atoms with van der Waals surface area (Å²) in [6, 6.07) is 3.50. The van der Waals surface area contributed by atoms with Gasteiger partial charge in [0.1, 0.15) is 17.7 Å². The van der Waals surface area contributed by atoms with E-state index >= 15 is 0 Å². The van der Waals surface area contributed by atoms with E-state index in [2.05, 4.69) is 16.7 Å². The van der Waals surface area contributed by atoms with Crippen molar-refractivity contribution < 1.29 is 45.5 Å². The Bertz CT molecular complexity index is 1240. The number of anilines is 1. The van der Waals surface area contributed by atoms with Gasteiger partial charge in [0.2, 0.25) is 0 Å². The molecule has 1 atom stereocenters. The number of thiophene rings is 1. The summed E-state index contributed by atoms with van der Waals surface area (Å²) in [6.07, 6.45) is -7.86. The van der Waals surface area contributed by atoms with Crippen LogP contribution in [0.3, 0.4) is 0 Å². The Hall–Kier alpha value is -2.98. The maximum atomic E-state index is 13.6. The number of hydrogen-bond donors (Lipinski definition) is 2. The zero-order valence-electron chi connectivity index (χ0n) is 22.1. The molecule has 0 spiro atoms. The van der Waals surface area contributed by atoms with Gasteiger partial charge in [0.25, 0.3) is 5.06 Å². The van der Waals surface area contributed by atoms with E-state index in [-0.39, 0.29) is 15.0 Å². The summed E-state index contributed by atoms with van der Waals surface area (Å²) in [4.78, 5) is 12.8. The maximum absolute atomic E-state index is 13.6. The van der Waals surface area contributed by atoms with Crippen LogP contribution in [0.1, 0.15) is 38.7 Å². The summed E-state index contributed by atoms with van der Waals surface area (Å²) >= 11 is 1.39. The van der Waals surface area contributed by atoms with Gasteiger partial charge in [-0.1, -0.05) is 25.2 Å². The highest BCUT2D eigenvalue weighted by molar-refractivity contribution is 8.02. The van der Waals surface area contributed by atoms with E-state index in [0.717, 1.165) is 36.2 Å². The number of allylic oxidation sites excluding steroid dienone is 2. The zero-order chi connectivity index (χ0) is 31.0. The molecular weight excluding hydrogens is 603 g/mol. The first-order valence-electron chi connectivity index (χ1n) is 12.2. The molecule has 228 valence electrons. The Morgan fingerprint density at radius 2 is 1.76 bits per heavy atom. The molecule has 1 saturated heterocycles. The van der Waals surface area contributed by atoms with Crippen LogP contribution in [0.15, 0.2) is 52.0 Å². The second-order valence-corrected chi connectivity index (χ2v) is 10.6. The van der Waals surface area contributed by atoms with Gasteiger partial charge in [-0.25, -0.2) is 4.39 Å². The normalized spacial score (nSPS) is 17.4. The lowest BCUT2D eigenvalue weighted by Gasteiger charge is -2.21. The van der Waals surface area contributed by atoms with Crippen molar-refractivity contribution in [2.45, 2.75) is 55.8 Å². The number of aromatic hydroxyl groups is 1. The first-order valence-corrected chi connectivity index (χ1v) is 13.9. The molecule has 1 aromatic heterocycles. The van der Waals surface area contributed by atoms with E-state index in [0.29, 0.717) is 23.5 Å². The van der Waals surface area contributed by atoms with Gasteiger partial charge in [-0.3, -0.25) is 10.1 Å². The molecule has 2 heterocycles. The minimum Gasteiger partial charge on any atom is -0.507 e. The fourth-order valence-electron chi connectivity index (χ4n) is 3.56. The average Bonchev–Trinajstić information content (AvgIpc) is 3.52. The lowest BCUT2D eigenvalue weighted by molar-refractivity contribution is -0.385. The van der Waals surface area contributed by atoms with E-state index in [9.17, 15) is 46.0 Å². The summed E-state index contributed by atoms with van der Waals surface area (Å²) in [7, 11) is 2.17. The van der Waals surface area contributed by atoms with Crippen molar-refractivity contribution in [2.75, 3.05) is 24.9 Å². The first-order chi connectivity index (χ1) is 19.1. The highest BCUT2D eigenvalue weighted by Crippen LogP contribution is 2.44. The molecule has 4 rings (SSSR count). The van der Waals surface area contributed by atoms with Crippen LogP contribution in [0.4, 0.5) is 42.1 Å². The number of rotatable bonds is 6. The van der Waals surface area contributed by atoms with E-state index in [4.69, 9.17) is 4.74 Å². The van der Waals surface area contributed by atoms with Gasteiger partial charge in [-0.15, -0.1) is 0 Å². The Balaban J connectivity index is 0.000000640. The van der Waals surface area contributed by atoms with Crippen LogP contribution in [0, 0.1) is 10.1 Å². The molecule has 7 nitrogen and oxygen atoms in total. The van der Waals surface area contributed by atoms with Gasteiger partial charge in [-0.2, -0.15) is 26.3 Å². The van der Waals surface area contributed by atoms with Crippen LogP contribution >= 0.6 is 23.3 Å². The molecule has 0 bridgehead atoms. The van der Waals surface area contributed by atoms with Crippen LogP contribution in [0.25, 0.3) is 0 Å². The lowest BCUT2D eigenvalue weighted by atomic mass is 10.0. The van der Waals surface area contributed by atoms with Gasteiger partial charge in [-0.05, 0) is 69.2 Å². The molecule has 0 saturated carbocycles. The quantitative estimate of drug-likeness (QED) is 0.143. The molecule has 0 radical (unpaired) electrons. The van der Waals surface area contributed by atoms with Gasteiger partial charge in [0.15, 0.2) is 0 Å². The van der Waals surface area contributed by atoms with Crippen molar-refractivity contribution in [3.63, 3.8) is 0 Å². The van der Waals surface area contributed by atoms with Crippen molar-refractivity contribution in [1.82, 2.24) is 4.90 Å². The van der Waals surface area contributed by atoms with E-state index in [1.165, 1.54) is 25.9 Å². The Morgan fingerprint density at radius 3 is 2.24 bits per heavy atom. The molecule has 1 aliphatic carbocycles. The number of ether oxygens (including phenoxy) is 1. The van der Waals surface area contributed by atoms with Crippen LogP contribution in [-0.2, 0) is 6.18 Å². The van der Waals surface area contributed by atoms with Gasteiger partial charge >= 0.3 is 18.0 Å². The number of hydrogen-bond acceptors (Lipinski definition) is 8. The summed E-state index contributed by atoms with van der Waals surface area (Å²) in [5.41, 5.74) is -2.98. The number of benzene rings is 1. The minimum atomic E-state index is -4.80. The second-order valence-electron chi connectivity index (χ2n) is 8.52. The molecule has 41 heavy (non-hydrogen) atoms. The van der Waals surface area contributed by atoms with E-state index in [1.54, 1.807) is 0 Å². The molecule has 2 aromatic rings. The first kappa shape index (κ1) is 34.2. The summed E-state index contributed by atoms with van der Waals surface area (Å²) in [5, 5.41) is 20.5. The molecule has 2 aliphatic rings. The third-order valence-electron chi connectivity index (χ3n) is 5.46. The van der Waals surface area contributed by atoms with Gasteiger partial charge < -0.3 is 19.5 Å². The van der Waals surface area contributed by atoms with Crippen LogP contribution < -0.4 is 9.46 Å². The SMILES string of the molecule is CC.CN1CCCC1.O=[N+]([O-])c1cc(SNc2ccc(C(F)(F)F)c(O)c2)sc1OC1C=C(F)C=C(C(F)(F)F)C1. The molecule has 16 heteroatoms. The number of phenolic OH excluding ortho intramolecular Hbond substituents is 1. The van der Waals surface area contributed by atoms with Gasteiger partial charge in [0, 0.05) is 29.8 Å². The van der Waals surface area contributed by atoms with Crippen LogP contribution in [0.5, 0.6) is 10.8 Å². The highest BCUT2D eigenvalue weighted by Gasteiger charge is 2.38. The summed E-state index contributed by atoms with van der Waals surface area (Å²) < 4.78 is 98.4. The molecule has 2 N–H and O–H groups in total. The van der Waals surface area contributed by atoms with E-state index in [1.807, 2.05) is 13.8 Å². The Morgan fingerprint density at radius 1 is 1.12 bits per heavy atom. The number of phenols is 1. The topological polar surface area (TPSA) is 87.9 Å². The number of halogens is 7. The number of nitro groups is 1. The smallest absolute Gasteiger partial charge is 0.419 e. The van der Waals surface area contributed by atoms with Crippen molar-refractivity contribution in [2.24, 2.45) is 0 Å². The predicted octanol–water partition coefficient (Wildman–Crippen LogP) is 8.73. The molecule has 0 amide bonds. The second kappa shape index (κ2) is 14.8. The Kier molecular flexibility index (Phi) is 12.3. The molecule has 1 aliphatic heterocycles. The molecule has 1 unspecified atom stereocenters. The molecular formula is C25H28F7N3O4S2. The van der Waals surface area contributed by atoms with E-state index < -0.39 is 58.2 Å². The van der Waals surface area contributed by atoms with Crippen LogP contribution in [-0.4, -0.2) is 47.3 Å². The molecule has 1 aromatic carbocycles.